The Labute approximate surface area is 97.6 Å². The van der Waals surface area contributed by atoms with Crippen molar-refractivity contribution in [2.24, 2.45) is 11.1 Å². The van der Waals surface area contributed by atoms with E-state index in [0.717, 1.165) is 0 Å². The highest BCUT2D eigenvalue weighted by Gasteiger charge is 2.57. The van der Waals surface area contributed by atoms with Crippen molar-refractivity contribution in [2.45, 2.75) is 31.7 Å². The van der Waals surface area contributed by atoms with Gasteiger partial charge >= 0.3 is 10.4 Å². The van der Waals surface area contributed by atoms with Gasteiger partial charge < -0.3 is 5.73 Å². The molecular weight excluding hydrogens is 252 g/mol. The summed E-state index contributed by atoms with van der Waals surface area (Å²) in [7, 11) is -4.78. The molecule has 2 saturated heterocycles. The maximum atomic E-state index is 12.0. The smallest absolute Gasteiger partial charge is 0.369 e. The van der Waals surface area contributed by atoms with E-state index in [1.165, 1.54) is 0 Å². The number of hydrogen-bond donors (Lipinski definition) is 2. The number of carbonyl (C=O) groups excluding carboxylic acids is 2. The lowest BCUT2D eigenvalue weighted by atomic mass is 9.67. The number of amides is 2. The number of hydrogen-bond acceptors (Lipinski definition) is 5. The molecule has 2 heterocycles. The number of primary amides is 1. The molecular formula is C8H12N2O6S. The van der Waals surface area contributed by atoms with E-state index < -0.39 is 33.7 Å². The highest BCUT2D eigenvalue weighted by Crippen LogP contribution is 2.45. The number of fused-ring (bicyclic) bond motifs is 3. The summed E-state index contributed by atoms with van der Waals surface area (Å²) < 4.78 is 34.0. The first-order valence-electron chi connectivity index (χ1n) is 5.07. The lowest BCUT2D eigenvalue weighted by molar-refractivity contribution is -0.201. The molecule has 17 heavy (non-hydrogen) atoms. The van der Waals surface area contributed by atoms with Crippen LogP contribution in [0.3, 0.4) is 0 Å². The molecule has 0 aromatic heterocycles. The summed E-state index contributed by atoms with van der Waals surface area (Å²) >= 11 is 0. The lowest BCUT2D eigenvalue weighted by Crippen LogP contribution is -2.62. The Morgan fingerprint density at radius 1 is 1.47 bits per heavy atom. The van der Waals surface area contributed by atoms with Crippen molar-refractivity contribution in [2.75, 3.05) is 0 Å². The maximum Gasteiger partial charge on any atom is 0.418 e. The van der Waals surface area contributed by atoms with E-state index in [-0.39, 0.29) is 12.8 Å². The van der Waals surface area contributed by atoms with Crippen molar-refractivity contribution in [1.29, 1.82) is 0 Å². The molecule has 8 nitrogen and oxygen atoms in total. The molecule has 0 radical (unpaired) electrons. The molecule has 3 N–H and O–H groups in total. The molecule has 0 spiro atoms. The van der Waals surface area contributed by atoms with Gasteiger partial charge in [-0.05, 0) is 25.7 Å². The van der Waals surface area contributed by atoms with Gasteiger partial charge in [-0.1, -0.05) is 0 Å². The highest BCUT2D eigenvalue weighted by atomic mass is 32.3. The van der Waals surface area contributed by atoms with Crippen LogP contribution in [0.5, 0.6) is 0 Å². The molecule has 0 atom stereocenters. The van der Waals surface area contributed by atoms with Crippen molar-refractivity contribution in [1.82, 2.24) is 5.06 Å². The van der Waals surface area contributed by atoms with Crippen LogP contribution in [0.15, 0.2) is 0 Å². The van der Waals surface area contributed by atoms with Gasteiger partial charge in [0.1, 0.15) is 5.41 Å². The van der Waals surface area contributed by atoms with Crippen LogP contribution < -0.4 is 5.73 Å². The molecule has 3 fully saturated rings. The summed E-state index contributed by atoms with van der Waals surface area (Å²) in [6.45, 7) is 0. The van der Waals surface area contributed by atoms with Gasteiger partial charge in [0.05, 0.1) is 6.04 Å². The second-order valence-electron chi connectivity index (χ2n) is 4.31. The number of carbonyl (C=O) groups is 2. The Bertz CT molecular complexity index is 464. The molecule has 9 heteroatoms. The van der Waals surface area contributed by atoms with Crippen LogP contribution in [0, 0.1) is 5.41 Å². The van der Waals surface area contributed by atoms with Crippen LogP contribution in [-0.2, 0) is 24.3 Å². The van der Waals surface area contributed by atoms with Crippen LogP contribution >= 0.6 is 0 Å². The monoisotopic (exact) mass is 264 g/mol. The largest absolute Gasteiger partial charge is 0.418 e. The van der Waals surface area contributed by atoms with Crippen LogP contribution in [0.25, 0.3) is 0 Å². The van der Waals surface area contributed by atoms with Gasteiger partial charge in [0.15, 0.2) is 0 Å². The van der Waals surface area contributed by atoms with Crippen molar-refractivity contribution in [3.63, 3.8) is 0 Å². The average Bonchev–Trinajstić information content (AvgIpc) is 2.22. The Balaban J connectivity index is 2.32. The minimum absolute atomic E-state index is 0.289. The Morgan fingerprint density at radius 2 is 2.00 bits per heavy atom. The quantitative estimate of drug-likeness (QED) is 0.496. The molecule has 0 aromatic rings. The van der Waals surface area contributed by atoms with E-state index >= 15 is 0 Å². The van der Waals surface area contributed by atoms with Crippen LogP contribution in [0.4, 0.5) is 0 Å². The zero-order valence-corrected chi connectivity index (χ0v) is 9.64. The summed E-state index contributed by atoms with van der Waals surface area (Å²) in [4.78, 5) is 23.3. The van der Waals surface area contributed by atoms with Crippen molar-refractivity contribution in [3.8, 4) is 0 Å². The van der Waals surface area contributed by atoms with Crippen LogP contribution in [-0.4, -0.2) is 35.9 Å². The zero-order chi connectivity index (χ0) is 12.8. The van der Waals surface area contributed by atoms with E-state index in [1.54, 1.807) is 0 Å². The van der Waals surface area contributed by atoms with Gasteiger partial charge in [-0.3, -0.25) is 14.1 Å². The normalized spacial score (nSPS) is 32.9. The third kappa shape index (κ3) is 1.90. The predicted octanol–water partition coefficient (Wildman–Crippen LogP) is -1.02. The Kier molecular flexibility index (Phi) is 2.64. The second-order valence-corrected chi connectivity index (χ2v) is 5.32. The average molecular weight is 264 g/mol. The highest BCUT2D eigenvalue weighted by molar-refractivity contribution is 7.80. The minimum atomic E-state index is -4.78. The maximum absolute atomic E-state index is 12.0. The predicted molar refractivity (Wildman–Crippen MR) is 53.4 cm³/mol. The molecule has 96 valence electrons. The zero-order valence-electron chi connectivity index (χ0n) is 8.83. The fourth-order valence-electron chi connectivity index (χ4n) is 2.47. The summed E-state index contributed by atoms with van der Waals surface area (Å²) in [5.74, 6) is -1.57. The summed E-state index contributed by atoms with van der Waals surface area (Å²) in [6, 6.07) is -0.439. The van der Waals surface area contributed by atoms with E-state index in [4.69, 9.17) is 10.3 Å². The van der Waals surface area contributed by atoms with Gasteiger partial charge in [-0.2, -0.15) is 13.5 Å². The van der Waals surface area contributed by atoms with Crippen LogP contribution in [0.2, 0.25) is 0 Å². The molecule has 3 rings (SSSR count). The molecule has 2 amide bonds. The van der Waals surface area contributed by atoms with E-state index in [0.29, 0.717) is 17.9 Å². The third-order valence-corrected chi connectivity index (χ3v) is 3.75. The summed E-state index contributed by atoms with van der Waals surface area (Å²) in [5, 5.41) is 0.563. The van der Waals surface area contributed by atoms with Gasteiger partial charge in [-0.25, -0.2) is 0 Å². The number of rotatable bonds is 3. The van der Waals surface area contributed by atoms with Crippen LogP contribution in [0.1, 0.15) is 25.7 Å². The molecule has 2 bridgehead atoms. The molecule has 1 saturated carbocycles. The van der Waals surface area contributed by atoms with Gasteiger partial charge in [-0.15, -0.1) is 4.28 Å². The standard InChI is InChI=1S/C8H12N2O6S/c9-6(11)8-3-1-5(2-4-8)10(7(8)12)16-17(13,14)15/h5H,1-4H2,(H2,9,11)(H,13,14,15). The Hall–Kier alpha value is -1.19. The van der Waals surface area contributed by atoms with Gasteiger partial charge in [0.25, 0.3) is 5.91 Å². The first kappa shape index (κ1) is 12.3. The summed E-state index contributed by atoms with van der Waals surface area (Å²) in [6.07, 6.45) is 1.42. The summed E-state index contributed by atoms with van der Waals surface area (Å²) in [5.41, 5.74) is 3.81. The Morgan fingerprint density at radius 3 is 2.41 bits per heavy atom. The molecule has 0 aromatic carbocycles. The topological polar surface area (TPSA) is 127 Å². The van der Waals surface area contributed by atoms with Crippen molar-refractivity contribution in [3.05, 3.63) is 0 Å². The van der Waals surface area contributed by atoms with E-state index in [2.05, 4.69) is 4.28 Å². The lowest BCUT2D eigenvalue weighted by Gasteiger charge is -2.47. The second kappa shape index (κ2) is 3.65. The molecule has 0 unspecified atom stereocenters. The van der Waals surface area contributed by atoms with E-state index in [1.807, 2.05) is 0 Å². The molecule has 1 aliphatic carbocycles. The molecule has 2 aliphatic heterocycles. The van der Waals surface area contributed by atoms with Crippen molar-refractivity contribution >= 4 is 22.2 Å². The fourth-order valence-corrected chi connectivity index (χ4v) is 2.86. The fraction of sp³-hybridized carbons (Fsp3) is 0.750. The number of nitrogens with zero attached hydrogens (tertiary/aromatic N) is 1. The SMILES string of the molecule is NC(=O)C12CCC(CC1)N(OS(=O)(=O)O)C2=O. The number of piperidine rings is 2. The van der Waals surface area contributed by atoms with Crippen molar-refractivity contribution < 1.29 is 26.8 Å². The van der Waals surface area contributed by atoms with E-state index in [9.17, 15) is 18.0 Å². The third-order valence-electron chi connectivity index (χ3n) is 3.40. The van der Waals surface area contributed by atoms with Gasteiger partial charge in [0.2, 0.25) is 5.91 Å². The molecule has 3 aliphatic rings. The van der Waals surface area contributed by atoms with Gasteiger partial charge in [0, 0.05) is 0 Å². The minimum Gasteiger partial charge on any atom is -0.369 e. The first-order valence-corrected chi connectivity index (χ1v) is 6.43. The first-order chi connectivity index (χ1) is 7.76. The number of hydroxylamine groups is 2. The number of nitrogens with two attached hydrogens (primary N) is 1.